The molecule has 0 saturated heterocycles. The molecular weight excluding hydrogens is 214 g/mol. The molecule has 2 aliphatic rings. The number of ketones is 1. The molecular formula is C13H11N3O. The minimum Gasteiger partial charge on any atom is -0.287 e. The first kappa shape index (κ1) is 10.1. The lowest BCUT2D eigenvalue weighted by Crippen LogP contribution is -2.17. The number of hydrogen-bond donors (Lipinski definition) is 0. The molecule has 84 valence electrons. The monoisotopic (exact) mass is 225 g/mol. The number of fused-ring (bicyclic) bond motifs is 1. The first-order chi connectivity index (χ1) is 8.34. The normalized spacial score (nSPS) is 20.6. The largest absolute Gasteiger partial charge is 0.287 e. The standard InChI is InChI=1S/C13H11N3O/c17-13-9(8-10-2-1-5-14-10)3-4-11-12(13)16-7-6-15-11/h2,5-8H,1,3-4H2/b9-8+. The average Bonchev–Trinajstić information content (AvgIpc) is 2.86. The predicted octanol–water partition coefficient (Wildman–Crippen LogP) is 1.89. The fourth-order valence-electron chi connectivity index (χ4n) is 2.05. The lowest BCUT2D eigenvalue weighted by Gasteiger charge is -2.14. The number of aromatic nitrogens is 2. The maximum absolute atomic E-state index is 12.2. The van der Waals surface area contributed by atoms with Crippen LogP contribution in [0.5, 0.6) is 0 Å². The van der Waals surface area contributed by atoms with Crippen molar-refractivity contribution in [2.24, 2.45) is 4.99 Å². The van der Waals surface area contributed by atoms with Gasteiger partial charge in [-0.05, 0) is 18.9 Å². The molecule has 1 aromatic rings. The van der Waals surface area contributed by atoms with E-state index in [1.54, 1.807) is 12.4 Å². The van der Waals surface area contributed by atoms with Gasteiger partial charge in [0.1, 0.15) is 5.69 Å². The molecule has 4 nitrogen and oxygen atoms in total. The van der Waals surface area contributed by atoms with E-state index < -0.39 is 0 Å². The van der Waals surface area contributed by atoms with E-state index in [1.807, 2.05) is 18.4 Å². The molecule has 4 heteroatoms. The molecule has 0 radical (unpaired) electrons. The highest BCUT2D eigenvalue weighted by molar-refractivity contribution is 6.09. The Morgan fingerprint density at radius 3 is 2.88 bits per heavy atom. The molecule has 0 bridgehead atoms. The van der Waals surface area contributed by atoms with Crippen molar-refractivity contribution in [3.63, 3.8) is 0 Å². The summed E-state index contributed by atoms with van der Waals surface area (Å²) < 4.78 is 0. The van der Waals surface area contributed by atoms with E-state index in [0.717, 1.165) is 36.2 Å². The third-order valence-corrected chi connectivity index (χ3v) is 2.91. The van der Waals surface area contributed by atoms with Gasteiger partial charge in [-0.3, -0.25) is 14.8 Å². The molecule has 0 fully saturated rings. The molecule has 3 rings (SSSR count). The van der Waals surface area contributed by atoms with Gasteiger partial charge in [0.2, 0.25) is 5.78 Å². The second-order valence-electron chi connectivity index (χ2n) is 4.03. The number of aliphatic imine (C=N–C) groups is 1. The summed E-state index contributed by atoms with van der Waals surface area (Å²) in [6.45, 7) is 0. The van der Waals surface area contributed by atoms with Crippen molar-refractivity contribution in [2.75, 3.05) is 0 Å². The Balaban J connectivity index is 1.97. The molecule has 0 aromatic carbocycles. The zero-order valence-corrected chi connectivity index (χ0v) is 9.26. The van der Waals surface area contributed by atoms with Crippen molar-refractivity contribution in [2.45, 2.75) is 19.3 Å². The van der Waals surface area contributed by atoms with Gasteiger partial charge in [0, 0.05) is 30.6 Å². The van der Waals surface area contributed by atoms with Gasteiger partial charge in [0.05, 0.1) is 11.4 Å². The Kier molecular flexibility index (Phi) is 2.40. The van der Waals surface area contributed by atoms with Crippen molar-refractivity contribution in [1.82, 2.24) is 9.97 Å². The predicted molar refractivity (Wildman–Crippen MR) is 64.0 cm³/mol. The highest BCUT2D eigenvalue weighted by Crippen LogP contribution is 2.23. The third-order valence-electron chi connectivity index (χ3n) is 2.91. The fourth-order valence-corrected chi connectivity index (χ4v) is 2.05. The zero-order valence-electron chi connectivity index (χ0n) is 9.26. The molecule has 1 aromatic heterocycles. The third kappa shape index (κ3) is 1.82. The molecule has 1 aliphatic heterocycles. The summed E-state index contributed by atoms with van der Waals surface area (Å²) in [5, 5.41) is 0. The Labute approximate surface area is 98.8 Å². The summed E-state index contributed by atoms with van der Waals surface area (Å²) in [4.78, 5) is 24.6. The summed E-state index contributed by atoms with van der Waals surface area (Å²) in [6, 6.07) is 0. The van der Waals surface area contributed by atoms with Crippen LogP contribution in [0.4, 0.5) is 0 Å². The van der Waals surface area contributed by atoms with Crippen LogP contribution in [0.2, 0.25) is 0 Å². The van der Waals surface area contributed by atoms with Crippen LogP contribution in [-0.2, 0) is 6.42 Å². The molecule has 0 N–H and O–H groups in total. The van der Waals surface area contributed by atoms with E-state index in [-0.39, 0.29) is 5.78 Å². The van der Waals surface area contributed by atoms with Gasteiger partial charge < -0.3 is 0 Å². The molecule has 0 unspecified atom stereocenters. The minimum absolute atomic E-state index is 0.0117. The number of carbonyl (C=O) groups is 1. The molecule has 17 heavy (non-hydrogen) atoms. The van der Waals surface area contributed by atoms with Crippen molar-refractivity contribution in [1.29, 1.82) is 0 Å². The quantitative estimate of drug-likeness (QED) is 0.686. The highest BCUT2D eigenvalue weighted by Gasteiger charge is 2.24. The fraction of sp³-hybridized carbons (Fsp3) is 0.231. The van der Waals surface area contributed by atoms with Crippen LogP contribution in [0.1, 0.15) is 29.0 Å². The van der Waals surface area contributed by atoms with Crippen molar-refractivity contribution in [3.05, 3.63) is 47.2 Å². The van der Waals surface area contributed by atoms with Crippen molar-refractivity contribution >= 4 is 12.0 Å². The Bertz CT molecular complexity index is 570. The number of aryl methyl sites for hydroxylation is 1. The summed E-state index contributed by atoms with van der Waals surface area (Å²) >= 11 is 0. The van der Waals surface area contributed by atoms with E-state index in [1.165, 1.54) is 0 Å². The molecule has 0 spiro atoms. The number of rotatable bonds is 1. The SMILES string of the molecule is O=C1/C(=C/C2=CCC=N2)CCc2nccnc21. The minimum atomic E-state index is -0.0117. The maximum Gasteiger partial charge on any atom is 0.209 e. The smallest absolute Gasteiger partial charge is 0.209 e. The molecule has 0 atom stereocenters. The first-order valence-electron chi connectivity index (χ1n) is 5.62. The van der Waals surface area contributed by atoms with Crippen LogP contribution in [0.3, 0.4) is 0 Å². The van der Waals surface area contributed by atoms with E-state index in [2.05, 4.69) is 15.0 Å². The van der Waals surface area contributed by atoms with Gasteiger partial charge in [0.15, 0.2) is 0 Å². The number of allylic oxidation sites excluding steroid dienone is 3. The lowest BCUT2D eigenvalue weighted by molar-refractivity contribution is 0.101. The number of nitrogens with zero attached hydrogens (tertiary/aromatic N) is 3. The molecule has 0 amide bonds. The molecule has 1 aliphatic carbocycles. The van der Waals surface area contributed by atoms with E-state index in [4.69, 9.17) is 0 Å². The topological polar surface area (TPSA) is 55.2 Å². The van der Waals surface area contributed by atoms with Crippen LogP contribution in [-0.4, -0.2) is 22.0 Å². The van der Waals surface area contributed by atoms with Crippen LogP contribution in [0.15, 0.2) is 40.8 Å². The van der Waals surface area contributed by atoms with E-state index in [9.17, 15) is 4.79 Å². The van der Waals surface area contributed by atoms with Gasteiger partial charge in [-0.15, -0.1) is 0 Å². The summed E-state index contributed by atoms with van der Waals surface area (Å²) in [6.07, 6.45) is 11.2. The average molecular weight is 225 g/mol. The summed E-state index contributed by atoms with van der Waals surface area (Å²) in [5.74, 6) is -0.0117. The van der Waals surface area contributed by atoms with Crippen LogP contribution < -0.4 is 0 Å². The lowest BCUT2D eigenvalue weighted by atomic mass is 9.93. The Morgan fingerprint density at radius 2 is 2.06 bits per heavy atom. The summed E-state index contributed by atoms with van der Waals surface area (Å²) in [7, 11) is 0. The highest BCUT2D eigenvalue weighted by atomic mass is 16.1. The van der Waals surface area contributed by atoms with Crippen molar-refractivity contribution < 1.29 is 4.79 Å². The number of Topliss-reactive ketones (excluding diaryl/α,β-unsaturated/α-hetero) is 1. The van der Waals surface area contributed by atoms with Crippen molar-refractivity contribution in [3.8, 4) is 0 Å². The Hall–Kier alpha value is -2.10. The number of hydrogen-bond acceptors (Lipinski definition) is 4. The maximum atomic E-state index is 12.2. The first-order valence-corrected chi connectivity index (χ1v) is 5.62. The van der Waals surface area contributed by atoms with Crippen LogP contribution in [0.25, 0.3) is 0 Å². The van der Waals surface area contributed by atoms with Crippen LogP contribution in [0, 0.1) is 0 Å². The van der Waals surface area contributed by atoms with E-state index >= 15 is 0 Å². The number of carbonyl (C=O) groups excluding carboxylic acids is 1. The van der Waals surface area contributed by atoms with Gasteiger partial charge in [-0.2, -0.15) is 0 Å². The Morgan fingerprint density at radius 1 is 1.18 bits per heavy atom. The van der Waals surface area contributed by atoms with Gasteiger partial charge in [-0.25, -0.2) is 4.98 Å². The van der Waals surface area contributed by atoms with Gasteiger partial charge in [-0.1, -0.05) is 6.08 Å². The molecule has 2 heterocycles. The summed E-state index contributed by atoms with van der Waals surface area (Å²) in [5.41, 5.74) is 2.95. The molecule has 0 saturated carbocycles. The van der Waals surface area contributed by atoms with Gasteiger partial charge in [0.25, 0.3) is 0 Å². The second kappa shape index (κ2) is 4.05. The van der Waals surface area contributed by atoms with E-state index in [0.29, 0.717) is 5.69 Å². The zero-order chi connectivity index (χ0) is 11.7. The van der Waals surface area contributed by atoms with Crippen LogP contribution >= 0.6 is 0 Å². The van der Waals surface area contributed by atoms with Gasteiger partial charge >= 0.3 is 0 Å². The second-order valence-corrected chi connectivity index (χ2v) is 4.03.